The largest absolute Gasteiger partial charge is 0.337 e. The van der Waals surface area contributed by atoms with Crippen LogP contribution >= 0.6 is 0 Å². The van der Waals surface area contributed by atoms with E-state index in [4.69, 9.17) is 5.73 Å². The van der Waals surface area contributed by atoms with Crippen LogP contribution in [-0.2, 0) is 0 Å². The van der Waals surface area contributed by atoms with E-state index in [2.05, 4.69) is 18.8 Å². The second-order valence-corrected chi connectivity index (χ2v) is 6.20. The third-order valence-electron chi connectivity index (χ3n) is 4.18. The summed E-state index contributed by atoms with van der Waals surface area (Å²) < 4.78 is 1.87. The minimum Gasteiger partial charge on any atom is -0.337 e. The maximum atomic E-state index is 12.6. The fraction of sp³-hybridized carbons (Fsp3) is 0.467. The molecule has 1 amide bonds. The number of fused-ring (bicyclic) bond motifs is 1. The van der Waals surface area contributed by atoms with Crippen LogP contribution in [0.5, 0.6) is 0 Å². The number of piperidine rings is 1. The van der Waals surface area contributed by atoms with Crippen molar-refractivity contribution in [1.29, 1.82) is 0 Å². The summed E-state index contributed by atoms with van der Waals surface area (Å²) in [5.41, 5.74) is 7.37. The van der Waals surface area contributed by atoms with Crippen molar-refractivity contribution < 1.29 is 4.79 Å². The Morgan fingerprint density at radius 1 is 1.45 bits per heavy atom. The Bertz CT molecular complexity index is 613. The minimum absolute atomic E-state index is 0.00586. The molecule has 5 nitrogen and oxygen atoms in total. The lowest BCUT2D eigenvalue weighted by Gasteiger charge is -2.42. The van der Waals surface area contributed by atoms with E-state index in [1.165, 1.54) is 0 Å². The maximum Gasteiger partial charge on any atom is 0.274 e. The number of hydrogen-bond donors (Lipinski definition) is 1. The molecule has 0 aromatic carbocycles. The fourth-order valence-corrected chi connectivity index (χ4v) is 2.75. The van der Waals surface area contributed by atoms with Crippen LogP contribution in [0.2, 0.25) is 0 Å². The van der Waals surface area contributed by atoms with Gasteiger partial charge in [0.05, 0.1) is 0 Å². The average Bonchev–Trinajstić information content (AvgIpc) is 2.84. The van der Waals surface area contributed by atoms with Gasteiger partial charge in [-0.15, -0.1) is 0 Å². The van der Waals surface area contributed by atoms with E-state index in [1.54, 1.807) is 6.20 Å². The summed E-state index contributed by atoms with van der Waals surface area (Å²) in [6.45, 7) is 5.61. The van der Waals surface area contributed by atoms with Crippen LogP contribution in [-0.4, -0.2) is 39.3 Å². The van der Waals surface area contributed by atoms with Crippen LogP contribution < -0.4 is 5.73 Å². The standard InChI is InChI=1S/C15H20N4O/c1-15(2)10-19(8-6-12(15)16)14(20)11-9-18-7-4-3-5-13(18)17-11/h3-5,7,9,12H,6,8,10,16H2,1-2H3. The molecule has 0 radical (unpaired) electrons. The summed E-state index contributed by atoms with van der Waals surface area (Å²) >= 11 is 0. The molecular weight excluding hydrogens is 252 g/mol. The highest BCUT2D eigenvalue weighted by atomic mass is 16.2. The van der Waals surface area contributed by atoms with E-state index in [-0.39, 0.29) is 17.4 Å². The molecule has 2 N–H and O–H groups in total. The molecule has 2 aromatic rings. The summed E-state index contributed by atoms with van der Waals surface area (Å²) in [4.78, 5) is 18.8. The number of likely N-dealkylation sites (tertiary alicyclic amines) is 1. The number of hydrogen-bond acceptors (Lipinski definition) is 3. The lowest BCUT2D eigenvalue weighted by molar-refractivity contribution is 0.0528. The van der Waals surface area contributed by atoms with E-state index in [0.717, 1.165) is 12.1 Å². The van der Waals surface area contributed by atoms with Crippen molar-refractivity contribution in [2.24, 2.45) is 11.1 Å². The molecule has 1 atom stereocenters. The van der Waals surface area contributed by atoms with Crippen LogP contribution in [0.4, 0.5) is 0 Å². The lowest BCUT2D eigenvalue weighted by atomic mass is 9.79. The first-order chi connectivity index (χ1) is 9.47. The molecular formula is C15H20N4O. The quantitative estimate of drug-likeness (QED) is 0.856. The van der Waals surface area contributed by atoms with Gasteiger partial charge in [0.25, 0.3) is 5.91 Å². The molecule has 1 fully saturated rings. The van der Waals surface area contributed by atoms with Crippen molar-refractivity contribution >= 4 is 11.6 Å². The van der Waals surface area contributed by atoms with Crippen LogP contribution in [0.1, 0.15) is 30.8 Å². The van der Waals surface area contributed by atoms with Gasteiger partial charge in [-0.1, -0.05) is 19.9 Å². The second-order valence-electron chi connectivity index (χ2n) is 6.20. The highest BCUT2D eigenvalue weighted by molar-refractivity contribution is 5.93. The first kappa shape index (κ1) is 13.1. The number of pyridine rings is 1. The SMILES string of the molecule is CC1(C)CN(C(=O)c2cn3ccccc3n2)CCC1N. The predicted octanol–water partition coefficient (Wildman–Crippen LogP) is 1.53. The maximum absolute atomic E-state index is 12.6. The van der Waals surface area contributed by atoms with Gasteiger partial charge in [-0.05, 0) is 24.0 Å². The molecule has 3 heterocycles. The molecule has 0 saturated carbocycles. The second kappa shape index (κ2) is 4.59. The molecule has 1 saturated heterocycles. The normalized spacial score (nSPS) is 22.1. The van der Waals surface area contributed by atoms with E-state index < -0.39 is 0 Å². The number of aromatic nitrogens is 2. The van der Waals surface area contributed by atoms with Crippen molar-refractivity contribution in [2.45, 2.75) is 26.3 Å². The summed E-state index contributed by atoms with van der Waals surface area (Å²) in [5, 5.41) is 0. The van der Waals surface area contributed by atoms with E-state index in [0.29, 0.717) is 18.8 Å². The zero-order valence-corrected chi connectivity index (χ0v) is 11.9. The number of rotatable bonds is 1. The van der Waals surface area contributed by atoms with Crippen LogP contribution in [0.15, 0.2) is 30.6 Å². The number of amides is 1. The van der Waals surface area contributed by atoms with Gasteiger partial charge in [0.2, 0.25) is 0 Å². The zero-order valence-electron chi connectivity index (χ0n) is 11.9. The first-order valence-corrected chi connectivity index (χ1v) is 6.96. The van der Waals surface area contributed by atoms with Crippen molar-refractivity contribution in [3.8, 4) is 0 Å². The lowest BCUT2D eigenvalue weighted by Crippen LogP contribution is -2.54. The van der Waals surface area contributed by atoms with Crippen molar-refractivity contribution in [2.75, 3.05) is 13.1 Å². The zero-order chi connectivity index (χ0) is 14.3. The molecule has 3 rings (SSSR count). The average molecular weight is 272 g/mol. The van der Waals surface area contributed by atoms with Gasteiger partial charge in [-0.3, -0.25) is 4.79 Å². The molecule has 2 aromatic heterocycles. The predicted molar refractivity (Wildman–Crippen MR) is 77.5 cm³/mol. The molecule has 0 aliphatic carbocycles. The Balaban J connectivity index is 1.85. The summed E-state index contributed by atoms with van der Waals surface area (Å²) in [6, 6.07) is 5.88. The minimum atomic E-state index is -0.0485. The third kappa shape index (κ3) is 2.18. The van der Waals surface area contributed by atoms with Crippen LogP contribution in [0.25, 0.3) is 5.65 Å². The van der Waals surface area contributed by atoms with Crippen molar-refractivity contribution in [3.63, 3.8) is 0 Å². The topological polar surface area (TPSA) is 63.6 Å². The Morgan fingerprint density at radius 3 is 2.95 bits per heavy atom. The highest BCUT2D eigenvalue weighted by Gasteiger charge is 2.36. The van der Waals surface area contributed by atoms with Crippen LogP contribution in [0.3, 0.4) is 0 Å². The van der Waals surface area contributed by atoms with Crippen molar-refractivity contribution in [3.05, 3.63) is 36.3 Å². The Morgan fingerprint density at radius 2 is 2.25 bits per heavy atom. The van der Waals surface area contributed by atoms with E-state index in [9.17, 15) is 4.79 Å². The molecule has 20 heavy (non-hydrogen) atoms. The Kier molecular flexibility index (Phi) is 3.01. The van der Waals surface area contributed by atoms with E-state index >= 15 is 0 Å². The summed E-state index contributed by atoms with van der Waals surface area (Å²) in [6.07, 6.45) is 4.53. The molecule has 106 valence electrons. The molecule has 1 unspecified atom stereocenters. The van der Waals surface area contributed by atoms with Gasteiger partial charge in [0.1, 0.15) is 11.3 Å². The Labute approximate surface area is 118 Å². The monoisotopic (exact) mass is 272 g/mol. The number of carbonyl (C=O) groups excluding carboxylic acids is 1. The van der Waals surface area contributed by atoms with Gasteiger partial charge in [-0.2, -0.15) is 0 Å². The number of imidazole rings is 1. The number of nitrogens with two attached hydrogens (primary N) is 1. The fourth-order valence-electron chi connectivity index (χ4n) is 2.75. The summed E-state index contributed by atoms with van der Waals surface area (Å²) in [5.74, 6) is -0.00586. The van der Waals surface area contributed by atoms with Gasteiger partial charge >= 0.3 is 0 Å². The van der Waals surface area contributed by atoms with E-state index in [1.807, 2.05) is 33.7 Å². The molecule has 1 aliphatic rings. The number of carbonyl (C=O) groups is 1. The van der Waals surface area contributed by atoms with Gasteiger partial charge in [0, 0.05) is 31.5 Å². The Hall–Kier alpha value is -1.88. The third-order valence-corrected chi connectivity index (χ3v) is 4.18. The molecule has 0 spiro atoms. The molecule has 0 bridgehead atoms. The highest BCUT2D eigenvalue weighted by Crippen LogP contribution is 2.28. The van der Waals surface area contributed by atoms with Gasteiger partial charge < -0.3 is 15.0 Å². The van der Waals surface area contributed by atoms with Crippen molar-refractivity contribution in [1.82, 2.24) is 14.3 Å². The summed E-state index contributed by atoms with van der Waals surface area (Å²) in [7, 11) is 0. The molecule has 1 aliphatic heterocycles. The van der Waals surface area contributed by atoms with Crippen LogP contribution in [0, 0.1) is 5.41 Å². The number of nitrogens with zero attached hydrogens (tertiary/aromatic N) is 3. The molecule has 5 heteroatoms. The van der Waals surface area contributed by atoms with Gasteiger partial charge in [-0.25, -0.2) is 4.98 Å². The first-order valence-electron chi connectivity index (χ1n) is 6.96. The van der Waals surface area contributed by atoms with Gasteiger partial charge in [0.15, 0.2) is 0 Å². The smallest absolute Gasteiger partial charge is 0.274 e.